The third kappa shape index (κ3) is 2.71. The second kappa shape index (κ2) is 5.21. The molecule has 100 valence electrons. The Balaban J connectivity index is 1.82. The van der Waals surface area contributed by atoms with Crippen LogP contribution in [0.5, 0.6) is 0 Å². The van der Waals surface area contributed by atoms with Gasteiger partial charge in [0.15, 0.2) is 0 Å². The number of tetrazole rings is 1. The minimum atomic E-state index is -0.263. The molecule has 1 heterocycles. The van der Waals surface area contributed by atoms with Gasteiger partial charge in [-0.2, -0.15) is 4.80 Å². The van der Waals surface area contributed by atoms with E-state index in [1.807, 2.05) is 37.3 Å². The zero-order chi connectivity index (χ0) is 13.9. The largest absolute Gasteiger partial charge is 0.207 e. The Morgan fingerprint density at radius 3 is 2.65 bits per heavy atom. The van der Waals surface area contributed by atoms with Crippen molar-refractivity contribution in [3.63, 3.8) is 0 Å². The first-order valence-electron chi connectivity index (χ1n) is 6.30. The highest BCUT2D eigenvalue weighted by Crippen LogP contribution is 2.14. The van der Waals surface area contributed by atoms with Crippen LogP contribution in [0.25, 0.3) is 11.4 Å². The summed E-state index contributed by atoms with van der Waals surface area (Å²) in [5.41, 5.74) is 2.90. The summed E-state index contributed by atoms with van der Waals surface area (Å²) < 4.78 is 13.1. The highest BCUT2D eigenvalue weighted by Gasteiger charge is 2.06. The van der Waals surface area contributed by atoms with Gasteiger partial charge < -0.3 is 0 Å². The Morgan fingerprint density at radius 1 is 1.10 bits per heavy atom. The molecule has 0 aliphatic rings. The topological polar surface area (TPSA) is 43.6 Å². The zero-order valence-corrected chi connectivity index (χ0v) is 11.0. The summed E-state index contributed by atoms with van der Waals surface area (Å²) in [5.74, 6) is 0.308. The van der Waals surface area contributed by atoms with E-state index in [0.717, 1.165) is 11.1 Å². The second-order valence-electron chi connectivity index (χ2n) is 4.64. The third-order valence-electron chi connectivity index (χ3n) is 2.98. The Kier molecular flexibility index (Phi) is 3.25. The highest BCUT2D eigenvalue weighted by atomic mass is 19.1. The fourth-order valence-electron chi connectivity index (χ4n) is 1.93. The lowest BCUT2D eigenvalue weighted by atomic mass is 10.1. The van der Waals surface area contributed by atoms with Crippen LogP contribution in [-0.4, -0.2) is 20.2 Å². The average Bonchev–Trinajstić information content (AvgIpc) is 2.88. The summed E-state index contributed by atoms with van der Waals surface area (Å²) in [6.45, 7) is 2.43. The number of nitrogens with zero attached hydrogens (tertiary/aromatic N) is 4. The van der Waals surface area contributed by atoms with Crippen LogP contribution in [0, 0.1) is 12.7 Å². The first kappa shape index (κ1) is 12.5. The maximum Gasteiger partial charge on any atom is 0.204 e. The number of halogens is 1. The standard InChI is InChI=1S/C15H13FN4/c1-11-5-7-13(8-6-11)15-17-19-20(18-15)10-12-3-2-4-14(16)9-12/h2-9H,10H2,1H3. The van der Waals surface area contributed by atoms with Gasteiger partial charge in [0.2, 0.25) is 5.82 Å². The highest BCUT2D eigenvalue weighted by molar-refractivity contribution is 5.54. The van der Waals surface area contributed by atoms with Gasteiger partial charge in [-0.3, -0.25) is 0 Å². The summed E-state index contributed by atoms with van der Waals surface area (Å²) in [4.78, 5) is 1.46. The van der Waals surface area contributed by atoms with Crippen LogP contribution >= 0.6 is 0 Å². The minimum Gasteiger partial charge on any atom is -0.207 e. The summed E-state index contributed by atoms with van der Waals surface area (Å²) in [6, 6.07) is 14.3. The van der Waals surface area contributed by atoms with Crippen molar-refractivity contribution in [3.05, 3.63) is 65.5 Å². The minimum absolute atomic E-state index is 0.263. The van der Waals surface area contributed by atoms with E-state index in [9.17, 15) is 4.39 Å². The summed E-state index contributed by atoms with van der Waals surface area (Å²) in [7, 11) is 0. The third-order valence-corrected chi connectivity index (χ3v) is 2.98. The van der Waals surface area contributed by atoms with E-state index in [2.05, 4.69) is 15.4 Å². The molecule has 0 bridgehead atoms. The van der Waals surface area contributed by atoms with Crippen molar-refractivity contribution < 1.29 is 4.39 Å². The molecular formula is C15H13FN4. The smallest absolute Gasteiger partial charge is 0.204 e. The maximum atomic E-state index is 13.1. The van der Waals surface area contributed by atoms with E-state index >= 15 is 0 Å². The van der Waals surface area contributed by atoms with E-state index < -0.39 is 0 Å². The molecule has 0 saturated heterocycles. The molecule has 0 unspecified atom stereocenters. The lowest BCUT2D eigenvalue weighted by molar-refractivity contribution is 0.567. The van der Waals surface area contributed by atoms with Crippen molar-refractivity contribution in [1.82, 2.24) is 20.2 Å². The van der Waals surface area contributed by atoms with Crippen LogP contribution in [0.2, 0.25) is 0 Å². The Hall–Kier alpha value is -2.56. The van der Waals surface area contributed by atoms with Gasteiger partial charge >= 0.3 is 0 Å². The maximum absolute atomic E-state index is 13.1. The van der Waals surface area contributed by atoms with Crippen LogP contribution in [0.3, 0.4) is 0 Å². The SMILES string of the molecule is Cc1ccc(-c2nnn(Cc3cccc(F)c3)n2)cc1. The predicted octanol–water partition coefficient (Wildman–Crippen LogP) is 2.84. The van der Waals surface area contributed by atoms with Crippen molar-refractivity contribution in [1.29, 1.82) is 0 Å². The van der Waals surface area contributed by atoms with E-state index in [1.165, 1.54) is 22.5 Å². The van der Waals surface area contributed by atoms with E-state index in [-0.39, 0.29) is 5.82 Å². The predicted molar refractivity (Wildman–Crippen MR) is 73.5 cm³/mol. The molecule has 0 aliphatic carbocycles. The second-order valence-corrected chi connectivity index (χ2v) is 4.64. The quantitative estimate of drug-likeness (QED) is 0.733. The van der Waals surface area contributed by atoms with Gasteiger partial charge in [-0.15, -0.1) is 10.2 Å². The molecule has 0 aliphatic heterocycles. The van der Waals surface area contributed by atoms with E-state index in [0.29, 0.717) is 12.4 Å². The molecule has 3 aromatic rings. The van der Waals surface area contributed by atoms with Crippen molar-refractivity contribution in [2.45, 2.75) is 13.5 Å². The molecule has 1 aromatic heterocycles. The molecular weight excluding hydrogens is 255 g/mol. The Bertz CT molecular complexity index is 719. The van der Waals surface area contributed by atoms with Crippen LogP contribution in [0.1, 0.15) is 11.1 Å². The zero-order valence-electron chi connectivity index (χ0n) is 11.0. The first-order valence-corrected chi connectivity index (χ1v) is 6.30. The van der Waals surface area contributed by atoms with Gasteiger partial charge in [-0.25, -0.2) is 4.39 Å². The normalized spacial score (nSPS) is 10.7. The molecule has 0 radical (unpaired) electrons. The summed E-state index contributed by atoms with van der Waals surface area (Å²) in [6.07, 6.45) is 0. The van der Waals surface area contributed by atoms with Gasteiger partial charge in [0.05, 0.1) is 6.54 Å². The van der Waals surface area contributed by atoms with Crippen LogP contribution < -0.4 is 0 Å². The van der Waals surface area contributed by atoms with Crippen LogP contribution in [-0.2, 0) is 6.54 Å². The molecule has 5 heteroatoms. The monoisotopic (exact) mass is 268 g/mol. The summed E-state index contributed by atoms with van der Waals surface area (Å²) in [5, 5.41) is 12.3. The fourth-order valence-corrected chi connectivity index (χ4v) is 1.93. The van der Waals surface area contributed by atoms with Gasteiger partial charge in [0.25, 0.3) is 0 Å². The van der Waals surface area contributed by atoms with Crippen molar-refractivity contribution in [2.75, 3.05) is 0 Å². The molecule has 0 fully saturated rings. The van der Waals surface area contributed by atoms with Gasteiger partial charge in [0.1, 0.15) is 5.82 Å². The van der Waals surface area contributed by atoms with Crippen molar-refractivity contribution in [2.24, 2.45) is 0 Å². The Morgan fingerprint density at radius 2 is 1.90 bits per heavy atom. The van der Waals surface area contributed by atoms with E-state index in [1.54, 1.807) is 6.07 Å². The lowest BCUT2D eigenvalue weighted by Crippen LogP contribution is -2.04. The van der Waals surface area contributed by atoms with Gasteiger partial charge in [0, 0.05) is 5.56 Å². The first-order chi connectivity index (χ1) is 9.70. The molecule has 0 N–H and O–H groups in total. The van der Waals surface area contributed by atoms with Crippen molar-refractivity contribution in [3.8, 4) is 11.4 Å². The number of hydrogen-bond donors (Lipinski definition) is 0. The number of hydrogen-bond acceptors (Lipinski definition) is 3. The molecule has 20 heavy (non-hydrogen) atoms. The molecule has 0 spiro atoms. The molecule has 2 aromatic carbocycles. The van der Waals surface area contributed by atoms with Gasteiger partial charge in [-0.1, -0.05) is 42.0 Å². The lowest BCUT2D eigenvalue weighted by Gasteiger charge is -1.99. The number of aryl methyl sites for hydroxylation is 1. The molecule has 0 saturated carbocycles. The molecule has 0 amide bonds. The van der Waals surface area contributed by atoms with Gasteiger partial charge in [-0.05, 0) is 29.8 Å². The number of rotatable bonds is 3. The van der Waals surface area contributed by atoms with Crippen molar-refractivity contribution >= 4 is 0 Å². The molecule has 3 rings (SSSR count). The summed E-state index contributed by atoms with van der Waals surface area (Å²) >= 11 is 0. The molecule has 4 nitrogen and oxygen atoms in total. The Labute approximate surface area is 115 Å². The van der Waals surface area contributed by atoms with Crippen LogP contribution in [0.15, 0.2) is 48.5 Å². The molecule has 0 atom stereocenters. The number of aromatic nitrogens is 4. The fraction of sp³-hybridized carbons (Fsp3) is 0.133. The van der Waals surface area contributed by atoms with Crippen LogP contribution in [0.4, 0.5) is 4.39 Å². The van der Waals surface area contributed by atoms with E-state index in [4.69, 9.17) is 0 Å². The average molecular weight is 268 g/mol. The number of benzene rings is 2.